The van der Waals surface area contributed by atoms with Gasteiger partial charge in [0.25, 0.3) is 0 Å². The topological polar surface area (TPSA) is 17.1 Å². The third-order valence-corrected chi connectivity index (χ3v) is 3.46. The van der Waals surface area contributed by atoms with Crippen molar-refractivity contribution in [2.75, 3.05) is 5.88 Å². The van der Waals surface area contributed by atoms with Gasteiger partial charge < -0.3 is 0 Å². The standard InChI is InChI=1S/C13H15ClO/c14-8-4-7-11-12(9-13(11)15)10-5-2-1-3-6-10/h1-3,5-6,11-12H,4,7-9H2/t11?,12-/m0/s1. The van der Waals surface area contributed by atoms with Crippen molar-refractivity contribution < 1.29 is 4.79 Å². The van der Waals surface area contributed by atoms with Gasteiger partial charge in [0.05, 0.1) is 0 Å². The molecule has 1 unspecified atom stereocenters. The second-order valence-corrected chi connectivity index (χ2v) is 4.50. The van der Waals surface area contributed by atoms with Crippen LogP contribution < -0.4 is 0 Å². The van der Waals surface area contributed by atoms with Crippen molar-refractivity contribution >= 4 is 17.4 Å². The third-order valence-electron chi connectivity index (χ3n) is 3.20. The molecule has 1 aliphatic rings. The maximum Gasteiger partial charge on any atom is 0.137 e. The summed E-state index contributed by atoms with van der Waals surface area (Å²) in [7, 11) is 0. The summed E-state index contributed by atoms with van der Waals surface area (Å²) in [5.41, 5.74) is 1.30. The van der Waals surface area contributed by atoms with E-state index in [0.717, 1.165) is 19.3 Å². The molecule has 1 fully saturated rings. The van der Waals surface area contributed by atoms with Crippen LogP contribution in [0.15, 0.2) is 30.3 Å². The average Bonchev–Trinajstić information content (AvgIpc) is 2.27. The fourth-order valence-electron chi connectivity index (χ4n) is 2.28. The molecule has 0 aromatic heterocycles. The predicted octanol–water partition coefficient (Wildman–Crippen LogP) is 3.38. The van der Waals surface area contributed by atoms with Gasteiger partial charge in [0.2, 0.25) is 0 Å². The Kier molecular flexibility index (Phi) is 3.42. The van der Waals surface area contributed by atoms with Crippen LogP contribution >= 0.6 is 11.6 Å². The fraction of sp³-hybridized carbons (Fsp3) is 0.462. The molecule has 1 nitrogen and oxygen atoms in total. The summed E-state index contributed by atoms with van der Waals surface area (Å²) in [5, 5.41) is 0. The largest absolute Gasteiger partial charge is 0.299 e. The van der Waals surface area contributed by atoms with Crippen molar-refractivity contribution in [3.63, 3.8) is 0 Å². The normalized spacial score (nSPS) is 25.0. The molecule has 0 bridgehead atoms. The lowest BCUT2D eigenvalue weighted by Gasteiger charge is -2.35. The van der Waals surface area contributed by atoms with Gasteiger partial charge in [-0.25, -0.2) is 0 Å². The highest BCUT2D eigenvalue weighted by molar-refractivity contribution is 6.17. The Balaban J connectivity index is 2.02. The van der Waals surface area contributed by atoms with Crippen LogP contribution in [0.2, 0.25) is 0 Å². The van der Waals surface area contributed by atoms with Gasteiger partial charge in [-0.3, -0.25) is 4.79 Å². The number of hydrogen-bond donors (Lipinski definition) is 0. The molecular formula is C13H15ClO. The summed E-state index contributed by atoms with van der Waals surface area (Å²) in [6.07, 6.45) is 2.61. The van der Waals surface area contributed by atoms with Crippen LogP contribution in [-0.4, -0.2) is 11.7 Å². The van der Waals surface area contributed by atoms with E-state index >= 15 is 0 Å². The first kappa shape index (κ1) is 10.7. The number of hydrogen-bond acceptors (Lipinski definition) is 1. The zero-order valence-electron chi connectivity index (χ0n) is 8.66. The van der Waals surface area contributed by atoms with E-state index in [4.69, 9.17) is 11.6 Å². The number of ketones is 1. The van der Waals surface area contributed by atoms with Crippen LogP contribution in [-0.2, 0) is 4.79 Å². The molecule has 1 aromatic carbocycles. The number of carbonyl (C=O) groups excluding carboxylic acids is 1. The average molecular weight is 223 g/mol. The van der Waals surface area contributed by atoms with E-state index in [9.17, 15) is 4.79 Å². The van der Waals surface area contributed by atoms with E-state index in [0.29, 0.717) is 17.6 Å². The van der Waals surface area contributed by atoms with Gasteiger partial charge >= 0.3 is 0 Å². The summed E-state index contributed by atoms with van der Waals surface area (Å²) in [4.78, 5) is 11.5. The first-order valence-corrected chi connectivity index (χ1v) is 6.00. The monoisotopic (exact) mass is 222 g/mol. The molecule has 1 aromatic rings. The molecule has 0 heterocycles. The lowest BCUT2D eigenvalue weighted by atomic mass is 9.67. The number of halogens is 1. The highest BCUT2D eigenvalue weighted by Crippen LogP contribution is 2.42. The molecule has 80 valence electrons. The molecule has 2 rings (SSSR count). The molecule has 0 saturated heterocycles. The minimum atomic E-state index is 0.228. The van der Waals surface area contributed by atoms with Crippen molar-refractivity contribution in [3.8, 4) is 0 Å². The number of alkyl halides is 1. The highest BCUT2D eigenvalue weighted by atomic mass is 35.5. The van der Waals surface area contributed by atoms with Gasteiger partial charge in [-0.15, -0.1) is 11.6 Å². The predicted molar refractivity (Wildman–Crippen MR) is 62.3 cm³/mol. The summed E-state index contributed by atoms with van der Waals surface area (Å²) < 4.78 is 0. The molecule has 1 aliphatic carbocycles. The lowest BCUT2D eigenvalue weighted by Crippen LogP contribution is -2.35. The zero-order valence-corrected chi connectivity index (χ0v) is 9.41. The van der Waals surface area contributed by atoms with E-state index in [1.54, 1.807) is 0 Å². The molecule has 15 heavy (non-hydrogen) atoms. The molecular weight excluding hydrogens is 208 g/mol. The van der Waals surface area contributed by atoms with Crippen molar-refractivity contribution in [1.82, 2.24) is 0 Å². The Morgan fingerprint density at radius 3 is 2.60 bits per heavy atom. The molecule has 1 saturated carbocycles. The van der Waals surface area contributed by atoms with Crippen LogP contribution in [0.1, 0.15) is 30.7 Å². The smallest absolute Gasteiger partial charge is 0.137 e. The first-order valence-electron chi connectivity index (χ1n) is 5.46. The quantitative estimate of drug-likeness (QED) is 0.714. The summed E-state index contributed by atoms with van der Waals surface area (Å²) in [5.74, 6) is 1.74. The van der Waals surface area contributed by atoms with Crippen molar-refractivity contribution in [2.45, 2.75) is 25.2 Å². The van der Waals surface area contributed by atoms with Crippen LogP contribution in [0.5, 0.6) is 0 Å². The molecule has 0 amide bonds. The van der Waals surface area contributed by atoms with E-state index in [-0.39, 0.29) is 5.92 Å². The van der Waals surface area contributed by atoms with E-state index in [1.165, 1.54) is 5.56 Å². The minimum Gasteiger partial charge on any atom is -0.299 e. The van der Waals surface area contributed by atoms with E-state index in [1.807, 2.05) is 18.2 Å². The number of rotatable bonds is 4. The maximum absolute atomic E-state index is 11.5. The second-order valence-electron chi connectivity index (χ2n) is 4.13. The van der Waals surface area contributed by atoms with Crippen molar-refractivity contribution in [3.05, 3.63) is 35.9 Å². The van der Waals surface area contributed by atoms with Crippen LogP contribution in [0.4, 0.5) is 0 Å². The summed E-state index contributed by atoms with van der Waals surface area (Å²) in [6, 6.07) is 10.3. The Hall–Kier alpha value is -0.820. The summed E-state index contributed by atoms with van der Waals surface area (Å²) >= 11 is 5.66. The van der Waals surface area contributed by atoms with Gasteiger partial charge in [0.1, 0.15) is 5.78 Å². The Morgan fingerprint density at radius 2 is 2.00 bits per heavy atom. The van der Waals surface area contributed by atoms with Crippen LogP contribution in [0, 0.1) is 5.92 Å². The first-order chi connectivity index (χ1) is 7.33. The van der Waals surface area contributed by atoms with Gasteiger partial charge in [0, 0.05) is 24.1 Å². The number of benzene rings is 1. The zero-order chi connectivity index (χ0) is 10.7. The molecule has 0 N–H and O–H groups in total. The lowest BCUT2D eigenvalue weighted by molar-refractivity contribution is -0.131. The highest BCUT2D eigenvalue weighted by Gasteiger charge is 2.39. The fourth-order valence-corrected chi connectivity index (χ4v) is 2.44. The number of carbonyl (C=O) groups is 1. The molecule has 0 spiro atoms. The van der Waals surface area contributed by atoms with Crippen molar-refractivity contribution in [2.24, 2.45) is 5.92 Å². The van der Waals surface area contributed by atoms with E-state index in [2.05, 4.69) is 12.1 Å². The maximum atomic E-state index is 11.5. The minimum absolute atomic E-state index is 0.228. The van der Waals surface area contributed by atoms with Gasteiger partial charge in [-0.2, -0.15) is 0 Å². The molecule has 2 atom stereocenters. The Labute approximate surface area is 95.4 Å². The van der Waals surface area contributed by atoms with Gasteiger partial charge in [-0.05, 0) is 18.4 Å². The van der Waals surface area contributed by atoms with E-state index < -0.39 is 0 Å². The second kappa shape index (κ2) is 4.80. The van der Waals surface area contributed by atoms with Crippen LogP contribution in [0.25, 0.3) is 0 Å². The Bertz CT molecular complexity index is 334. The molecule has 2 heteroatoms. The SMILES string of the molecule is O=C1C[C@@H](c2ccccc2)C1CCCCl. The number of Topliss-reactive ketones (excluding diaryl/α,β-unsaturated/α-hetero) is 1. The Morgan fingerprint density at radius 1 is 1.27 bits per heavy atom. The van der Waals surface area contributed by atoms with Crippen LogP contribution in [0.3, 0.4) is 0 Å². The third kappa shape index (κ3) is 2.23. The van der Waals surface area contributed by atoms with Crippen molar-refractivity contribution in [1.29, 1.82) is 0 Å². The molecule has 0 aliphatic heterocycles. The van der Waals surface area contributed by atoms with Gasteiger partial charge in [0.15, 0.2) is 0 Å². The van der Waals surface area contributed by atoms with Gasteiger partial charge in [-0.1, -0.05) is 30.3 Å². The summed E-state index contributed by atoms with van der Waals surface area (Å²) in [6.45, 7) is 0. The molecule has 0 radical (unpaired) electrons.